The van der Waals surface area contributed by atoms with E-state index < -0.39 is 0 Å². The predicted octanol–water partition coefficient (Wildman–Crippen LogP) is 3.35. The second-order valence-electron chi connectivity index (χ2n) is 3.96. The van der Waals surface area contributed by atoms with Crippen LogP contribution in [0.5, 0.6) is 0 Å². The van der Waals surface area contributed by atoms with Crippen molar-refractivity contribution in [3.63, 3.8) is 0 Å². The van der Waals surface area contributed by atoms with E-state index in [0.29, 0.717) is 0 Å². The van der Waals surface area contributed by atoms with Gasteiger partial charge in [0.05, 0.1) is 6.04 Å². The second-order valence-corrected chi connectivity index (χ2v) is 3.96. The van der Waals surface area contributed by atoms with Gasteiger partial charge in [-0.3, -0.25) is 0 Å². The molecule has 0 saturated carbocycles. The first-order valence-corrected chi connectivity index (χ1v) is 6.00. The summed E-state index contributed by atoms with van der Waals surface area (Å²) in [5.41, 5.74) is 0. The SMILES string of the molecule is C#CC(C)NCCCCCCCCC. The Balaban J connectivity index is 2.96. The molecule has 82 valence electrons. The van der Waals surface area contributed by atoms with Gasteiger partial charge >= 0.3 is 0 Å². The van der Waals surface area contributed by atoms with Gasteiger partial charge in [-0.1, -0.05) is 51.4 Å². The van der Waals surface area contributed by atoms with Gasteiger partial charge in [-0.05, 0) is 19.9 Å². The van der Waals surface area contributed by atoms with Crippen LogP contribution in [0.4, 0.5) is 0 Å². The summed E-state index contributed by atoms with van der Waals surface area (Å²) in [6.45, 7) is 5.35. The molecular weight excluding hydrogens is 170 g/mol. The molecule has 1 atom stereocenters. The molecule has 0 rings (SSSR count). The molecule has 0 aromatic heterocycles. The van der Waals surface area contributed by atoms with Crippen molar-refractivity contribution >= 4 is 0 Å². The number of terminal acetylenes is 1. The van der Waals surface area contributed by atoms with Crippen LogP contribution in [0.1, 0.15) is 58.8 Å². The number of nitrogens with one attached hydrogen (secondary N) is 1. The van der Waals surface area contributed by atoms with Crippen molar-refractivity contribution in [3.8, 4) is 12.3 Å². The minimum absolute atomic E-state index is 0.232. The molecule has 1 N–H and O–H groups in total. The van der Waals surface area contributed by atoms with Gasteiger partial charge in [0.15, 0.2) is 0 Å². The van der Waals surface area contributed by atoms with Crippen molar-refractivity contribution in [1.29, 1.82) is 0 Å². The molecule has 0 aliphatic rings. The van der Waals surface area contributed by atoms with Crippen molar-refractivity contribution < 1.29 is 0 Å². The lowest BCUT2D eigenvalue weighted by Crippen LogP contribution is -2.25. The third-order valence-electron chi connectivity index (χ3n) is 2.48. The van der Waals surface area contributed by atoms with Crippen LogP contribution in [0.25, 0.3) is 0 Å². The summed E-state index contributed by atoms with van der Waals surface area (Å²) < 4.78 is 0. The summed E-state index contributed by atoms with van der Waals surface area (Å²) in [5, 5.41) is 3.30. The molecular formula is C13H25N. The van der Waals surface area contributed by atoms with E-state index in [-0.39, 0.29) is 6.04 Å². The van der Waals surface area contributed by atoms with Gasteiger partial charge in [-0.2, -0.15) is 0 Å². The highest BCUT2D eigenvalue weighted by molar-refractivity contribution is 4.95. The monoisotopic (exact) mass is 195 g/mol. The Labute approximate surface area is 89.7 Å². The minimum atomic E-state index is 0.232. The van der Waals surface area contributed by atoms with E-state index in [4.69, 9.17) is 6.42 Å². The molecule has 0 aromatic rings. The number of rotatable bonds is 9. The summed E-state index contributed by atoms with van der Waals surface area (Å²) in [7, 11) is 0. The van der Waals surface area contributed by atoms with Crippen molar-refractivity contribution in [2.24, 2.45) is 0 Å². The maximum Gasteiger partial charge on any atom is 0.0658 e. The van der Waals surface area contributed by atoms with Crippen molar-refractivity contribution in [1.82, 2.24) is 5.32 Å². The molecule has 1 nitrogen and oxygen atoms in total. The lowest BCUT2D eigenvalue weighted by molar-refractivity contribution is 0.552. The zero-order valence-electron chi connectivity index (χ0n) is 9.81. The molecule has 0 bridgehead atoms. The Morgan fingerprint density at radius 3 is 2.21 bits per heavy atom. The first-order valence-electron chi connectivity index (χ1n) is 6.00. The van der Waals surface area contributed by atoms with E-state index in [0.717, 1.165) is 6.54 Å². The quantitative estimate of drug-likeness (QED) is 0.439. The van der Waals surface area contributed by atoms with Crippen LogP contribution in [-0.2, 0) is 0 Å². The fourth-order valence-electron chi connectivity index (χ4n) is 1.46. The Hall–Kier alpha value is -0.480. The summed E-state index contributed by atoms with van der Waals surface area (Å²) in [6, 6.07) is 0.232. The fraction of sp³-hybridized carbons (Fsp3) is 0.846. The number of unbranched alkanes of at least 4 members (excludes halogenated alkanes) is 6. The van der Waals surface area contributed by atoms with E-state index in [2.05, 4.69) is 18.2 Å². The summed E-state index contributed by atoms with van der Waals surface area (Å²) in [5.74, 6) is 2.67. The molecule has 1 unspecified atom stereocenters. The molecule has 0 saturated heterocycles. The Morgan fingerprint density at radius 1 is 1.07 bits per heavy atom. The number of hydrogen-bond acceptors (Lipinski definition) is 1. The van der Waals surface area contributed by atoms with Crippen molar-refractivity contribution in [2.75, 3.05) is 6.54 Å². The first kappa shape index (κ1) is 13.5. The topological polar surface area (TPSA) is 12.0 Å². The molecule has 0 heterocycles. The summed E-state index contributed by atoms with van der Waals surface area (Å²) in [4.78, 5) is 0. The van der Waals surface area contributed by atoms with Crippen LogP contribution in [-0.4, -0.2) is 12.6 Å². The lowest BCUT2D eigenvalue weighted by atomic mass is 10.1. The molecule has 0 aliphatic heterocycles. The van der Waals surface area contributed by atoms with E-state index >= 15 is 0 Å². The average Bonchev–Trinajstić information content (AvgIpc) is 2.21. The van der Waals surface area contributed by atoms with E-state index in [1.807, 2.05) is 6.92 Å². The largest absolute Gasteiger partial charge is 0.304 e. The average molecular weight is 195 g/mol. The predicted molar refractivity (Wildman–Crippen MR) is 64.3 cm³/mol. The van der Waals surface area contributed by atoms with Gasteiger partial charge in [0.25, 0.3) is 0 Å². The zero-order valence-corrected chi connectivity index (χ0v) is 9.81. The second kappa shape index (κ2) is 10.6. The Kier molecular flexibility index (Phi) is 10.2. The van der Waals surface area contributed by atoms with Gasteiger partial charge in [-0.15, -0.1) is 6.42 Å². The standard InChI is InChI=1S/C13H25N/c1-4-6-7-8-9-10-11-12-14-13(3)5-2/h2,13-14H,4,6-12H2,1,3H3. The molecule has 14 heavy (non-hydrogen) atoms. The van der Waals surface area contributed by atoms with Gasteiger partial charge < -0.3 is 5.32 Å². The van der Waals surface area contributed by atoms with Crippen LogP contribution in [0.2, 0.25) is 0 Å². The molecule has 1 heteroatoms. The van der Waals surface area contributed by atoms with Crippen LogP contribution in [0, 0.1) is 12.3 Å². The molecule has 0 radical (unpaired) electrons. The zero-order chi connectivity index (χ0) is 10.6. The summed E-state index contributed by atoms with van der Waals surface area (Å²) >= 11 is 0. The third kappa shape index (κ3) is 9.61. The smallest absolute Gasteiger partial charge is 0.0658 e. The first-order chi connectivity index (χ1) is 6.81. The minimum Gasteiger partial charge on any atom is -0.304 e. The van der Waals surface area contributed by atoms with Gasteiger partial charge in [0.1, 0.15) is 0 Å². The van der Waals surface area contributed by atoms with Gasteiger partial charge in [0, 0.05) is 0 Å². The van der Waals surface area contributed by atoms with Crippen LogP contribution >= 0.6 is 0 Å². The van der Waals surface area contributed by atoms with Gasteiger partial charge in [0.2, 0.25) is 0 Å². The van der Waals surface area contributed by atoms with Crippen LogP contribution in [0.15, 0.2) is 0 Å². The van der Waals surface area contributed by atoms with E-state index in [9.17, 15) is 0 Å². The highest BCUT2D eigenvalue weighted by atomic mass is 14.9. The van der Waals surface area contributed by atoms with Crippen molar-refractivity contribution in [2.45, 2.75) is 64.8 Å². The molecule has 0 aromatic carbocycles. The maximum atomic E-state index is 5.26. The highest BCUT2D eigenvalue weighted by Crippen LogP contribution is 2.06. The molecule has 0 aliphatic carbocycles. The normalized spacial score (nSPS) is 12.4. The van der Waals surface area contributed by atoms with E-state index in [1.165, 1.54) is 44.9 Å². The van der Waals surface area contributed by atoms with Gasteiger partial charge in [-0.25, -0.2) is 0 Å². The highest BCUT2D eigenvalue weighted by Gasteiger charge is 1.94. The molecule has 0 spiro atoms. The van der Waals surface area contributed by atoms with E-state index in [1.54, 1.807) is 0 Å². The Morgan fingerprint density at radius 2 is 1.64 bits per heavy atom. The number of hydrogen-bond donors (Lipinski definition) is 1. The van der Waals surface area contributed by atoms with Crippen LogP contribution < -0.4 is 5.32 Å². The summed E-state index contributed by atoms with van der Waals surface area (Å²) in [6.07, 6.45) is 14.8. The van der Waals surface area contributed by atoms with Crippen LogP contribution in [0.3, 0.4) is 0 Å². The third-order valence-corrected chi connectivity index (χ3v) is 2.48. The lowest BCUT2D eigenvalue weighted by Gasteiger charge is -2.06. The fourth-order valence-corrected chi connectivity index (χ4v) is 1.46. The maximum absolute atomic E-state index is 5.26. The molecule has 0 fully saturated rings. The van der Waals surface area contributed by atoms with Crippen molar-refractivity contribution in [3.05, 3.63) is 0 Å². The Bertz CT molecular complexity index is 146. The molecule has 0 amide bonds.